The maximum atomic E-state index is 3.59. The van der Waals surface area contributed by atoms with Gasteiger partial charge in [-0.25, -0.2) is 0 Å². The lowest BCUT2D eigenvalue weighted by Gasteiger charge is -2.22. The number of nitrogens with zero attached hydrogens (tertiary/aromatic N) is 1. The molecule has 0 aromatic carbocycles. The highest BCUT2D eigenvalue weighted by Crippen LogP contribution is 2.30. The fraction of sp³-hybridized carbons (Fsp3) is 0.692. The zero-order valence-corrected chi connectivity index (χ0v) is 11.1. The van der Waals surface area contributed by atoms with E-state index in [1.807, 2.05) is 11.8 Å². The van der Waals surface area contributed by atoms with Gasteiger partial charge < -0.3 is 9.88 Å². The molecule has 0 saturated heterocycles. The van der Waals surface area contributed by atoms with Gasteiger partial charge in [0.1, 0.15) is 0 Å². The summed E-state index contributed by atoms with van der Waals surface area (Å²) in [5, 5.41) is 3.59. The van der Waals surface area contributed by atoms with E-state index in [9.17, 15) is 0 Å². The van der Waals surface area contributed by atoms with Crippen molar-refractivity contribution in [3.63, 3.8) is 0 Å². The topological polar surface area (TPSA) is 17.0 Å². The van der Waals surface area contributed by atoms with Crippen LogP contribution in [0.5, 0.6) is 0 Å². The van der Waals surface area contributed by atoms with E-state index in [1.165, 1.54) is 25.0 Å². The molecule has 1 atom stereocenters. The molecule has 0 bridgehead atoms. The second-order valence-corrected chi connectivity index (χ2v) is 5.46. The largest absolute Gasteiger partial charge is 0.353 e. The molecule has 1 unspecified atom stereocenters. The highest BCUT2D eigenvalue weighted by atomic mass is 32.2. The van der Waals surface area contributed by atoms with Crippen molar-refractivity contribution in [2.45, 2.75) is 38.8 Å². The average molecular weight is 238 g/mol. The smallest absolute Gasteiger partial charge is 0.0338 e. The molecule has 1 aromatic heterocycles. The van der Waals surface area contributed by atoms with E-state index in [4.69, 9.17) is 0 Å². The highest BCUT2D eigenvalue weighted by molar-refractivity contribution is 7.98. The molecule has 1 aromatic rings. The van der Waals surface area contributed by atoms with Crippen LogP contribution in [-0.4, -0.2) is 23.1 Å². The van der Waals surface area contributed by atoms with Crippen LogP contribution in [0.4, 0.5) is 0 Å². The van der Waals surface area contributed by atoms with Crippen LogP contribution in [0, 0.1) is 0 Å². The first-order valence-corrected chi connectivity index (χ1v) is 7.65. The lowest BCUT2D eigenvalue weighted by atomic mass is 9.91. The first-order chi connectivity index (χ1) is 7.85. The minimum absolute atomic E-state index is 0.601. The number of rotatable bonds is 5. The highest BCUT2D eigenvalue weighted by Gasteiger charge is 2.20. The summed E-state index contributed by atoms with van der Waals surface area (Å²) in [7, 11) is 0. The number of aromatic nitrogens is 1. The van der Waals surface area contributed by atoms with Crippen LogP contribution in [0.15, 0.2) is 12.4 Å². The summed E-state index contributed by atoms with van der Waals surface area (Å²) in [6, 6.07) is 0.601. The zero-order chi connectivity index (χ0) is 11.4. The van der Waals surface area contributed by atoms with Gasteiger partial charge in [-0.1, -0.05) is 6.92 Å². The van der Waals surface area contributed by atoms with Crippen LogP contribution >= 0.6 is 11.8 Å². The van der Waals surface area contributed by atoms with Crippen molar-refractivity contribution in [2.75, 3.05) is 18.6 Å². The Labute approximate surface area is 103 Å². The maximum absolute atomic E-state index is 3.59. The van der Waals surface area contributed by atoms with Gasteiger partial charge in [0.2, 0.25) is 0 Å². The van der Waals surface area contributed by atoms with E-state index >= 15 is 0 Å². The summed E-state index contributed by atoms with van der Waals surface area (Å²) >= 11 is 1.92. The van der Waals surface area contributed by atoms with Gasteiger partial charge in [-0.15, -0.1) is 0 Å². The molecule has 0 aliphatic heterocycles. The summed E-state index contributed by atoms with van der Waals surface area (Å²) in [4.78, 5) is 0. The number of fused-ring (bicyclic) bond motifs is 1. The van der Waals surface area contributed by atoms with E-state index < -0.39 is 0 Å². The molecule has 16 heavy (non-hydrogen) atoms. The van der Waals surface area contributed by atoms with Crippen molar-refractivity contribution in [1.82, 2.24) is 9.88 Å². The fourth-order valence-electron chi connectivity index (χ4n) is 2.53. The summed E-state index contributed by atoms with van der Waals surface area (Å²) < 4.78 is 2.37. The van der Waals surface area contributed by atoms with Crippen LogP contribution in [0.25, 0.3) is 0 Å². The zero-order valence-electron chi connectivity index (χ0n) is 10.3. The Balaban J connectivity index is 2.10. The van der Waals surface area contributed by atoms with Crippen molar-refractivity contribution in [1.29, 1.82) is 0 Å². The number of aryl methyl sites for hydroxylation is 2. The molecule has 3 heteroatoms. The second-order valence-electron chi connectivity index (χ2n) is 4.47. The van der Waals surface area contributed by atoms with Crippen LogP contribution in [0.2, 0.25) is 0 Å². The minimum Gasteiger partial charge on any atom is -0.353 e. The molecule has 2 rings (SSSR count). The number of nitrogens with one attached hydrogen (secondary N) is 1. The summed E-state index contributed by atoms with van der Waals surface area (Å²) in [6.07, 6.45) is 10.8. The standard InChI is InChI=1S/C13H22N2S/c1-3-14-13-6-4-5-11-9-15(7-8-16-2)10-12(11)13/h9-10,13-14H,3-8H2,1-2H3. The second kappa shape index (κ2) is 5.78. The molecule has 0 fully saturated rings. The van der Waals surface area contributed by atoms with Gasteiger partial charge in [-0.2, -0.15) is 11.8 Å². The molecule has 0 amide bonds. The van der Waals surface area contributed by atoms with E-state index in [0.29, 0.717) is 6.04 Å². The number of hydrogen-bond acceptors (Lipinski definition) is 2. The first kappa shape index (κ1) is 12.1. The molecule has 2 nitrogen and oxygen atoms in total. The van der Waals surface area contributed by atoms with Crippen molar-refractivity contribution < 1.29 is 0 Å². The van der Waals surface area contributed by atoms with Crippen molar-refractivity contribution in [2.24, 2.45) is 0 Å². The lowest BCUT2D eigenvalue weighted by Crippen LogP contribution is -2.23. The predicted octanol–water partition coefficient (Wildman–Crippen LogP) is 2.84. The Kier molecular flexibility index (Phi) is 4.36. The lowest BCUT2D eigenvalue weighted by molar-refractivity contribution is 0.473. The van der Waals surface area contributed by atoms with Crippen LogP contribution in [-0.2, 0) is 13.0 Å². The van der Waals surface area contributed by atoms with Gasteiger partial charge in [0.05, 0.1) is 0 Å². The number of thioether (sulfide) groups is 1. The predicted molar refractivity (Wildman–Crippen MR) is 72.2 cm³/mol. The van der Waals surface area contributed by atoms with Gasteiger partial charge in [-0.05, 0) is 43.2 Å². The minimum atomic E-state index is 0.601. The Morgan fingerprint density at radius 3 is 3.12 bits per heavy atom. The monoisotopic (exact) mass is 238 g/mol. The van der Waals surface area contributed by atoms with E-state index in [-0.39, 0.29) is 0 Å². The summed E-state index contributed by atoms with van der Waals surface area (Å²) in [5.41, 5.74) is 3.12. The van der Waals surface area contributed by atoms with Crippen LogP contribution in [0.1, 0.15) is 36.9 Å². The number of hydrogen-bond donors (Lipinski definition) is 1. The van der Waals surface area contributed by atoms with E-state index in [0.717, 1.165) is 13.1 Å². The van der Waals surface area contributed by atoms with Crippen LogP contribution in [0.3, 0.4) is 0 Å². The average Bonchev–Trinajstić information content (AvgIpc) is 2.70. The molecule has 90 valence electrons. The van der Waals surface area contributed by atoms with Gasteiger partial charge >= 0.3 is 0 Å². The Bertz CT molecular complexity index is 333. The van der Waals surface area contributed by atoms with E-state index in [2.05, 4.69) is 35.5 Å². The third kappa shape index (κ3) is 2.64. The Morgan fingerprint density at radius 1 is 1.50 bits per heavy atom. The fourth-order valence-corrected chi connectivity index (χ4v) is 2.93. The van der Waals surface area contributed by atoms with Gasteiger partial charge in [-0.3, -0.25) is 0 Å². The van der Waals surface area contributed by atoms with Gasteiger partial charge in [0.15, 0.2) is 0 Å². The maximum Gasteiger partial charge on any atom is 0.0338 e. The molecule has 0 radical (unpaired) electrons. The Morgan fingerprint density at radius 2 is 2.38 bits per heavy atom. The Hall–Kier alpha value is -0.410. The van der Waals surface area contributed by atoms with E-state index in [1.54, 1.807) is 11.1 Å². The molecule has 1 heterocycles. The quantitative estimate of drug-likeness (QED) is 0.849. The van der Waals surface area contributed by atoms with Crippen LogP contribution < -0.4 is 5.32 Å². The molecule has 0 spiro atoms. The first-order valence-electron chi connectivity index (χ1n) is 6.26. The molecular weight excluding hydrogens is 216 g/mol. The molecular formula is C13H22N2S. The van der Waals surface area contributed by atoms with Crippen molar-refractivity contribution >= 4 is 11.8 Å². The third-order valence-corrected chi connectivity index (χ3v) is 3.91. The molecule has 0 saturated carbocycles. The summed E-state index contributed by atoms with van der Waals surface area (Å²) in [5.74, 6) is 1.21. The SMILES string of the molecule is CCNC1CCCc2cn(CCSC)cc21. The molecule has 1 N–H and O–H groups in total. The van der Waals surface area contributed by atoms with Crippen molar-refractivity contribution in [3.05, 3.63) is 23.5 Å². The van der Waals surface area contributed by atoms with Gasteiger partial charge in [0.25, 0.3) is 0 Å². The van der Waals surface area contributed by atoms with Gasteiger partial charge in [0, 0.05) is 30.7 Å². The van der Waals surface area contributed by atoms with Crippen molar-refractivity contribution in [3.8, 4) is 0 Å². The molecule has 1 aliphatic carbocycles. The normalized spacial score (nSPS) is 19.8. The summed E-state index contributed by atoms with van der Waals surface area (Å²) in [6.45, 7) is 4.41. The molecule has 1 aliphatic rings. The third-order valence-electron chi connectivity index (χ3n) is 3.32.